The zero-order valence-corrected chi connectivity index (χ0v) is 16.4. The Hall–Kier alpha value is -2.45. The Labute approximate surface area is 165 Å². The number of aryl methyl sites for hydroxylation is 1. The highest BCUT2D eigenvalue weighted by molar-refractivity contribution is 5.98. The van der Waals surface area contributed by atoms with Gasteiger partial charge in [-0.2, -0.15) is 5.10 Å². The first-order valence-corrected chi connectivity index (χ1v) is 9.94. The summed E-state index contributed by atoms with van der Waals surface area (Å²) >= 11 is 0. The van der Waals surface area contributed by atoms with E-state index in [0.717, 1.165) is 38.2 Å². The Bertz CT molecular complexity index is 822. The zero-order valence-electron chi connectivity index (χ0n) is 16.4. The molecule has 1 amide bonds. The molecule has 2 fully saturated rings. The Morgan fingerprint density at radius 3 is 2.57 bits per heavy atom. The van der Waals surface area contributed by atoms with Gasteiger partial charge in [-0.25, -0.2) is 4.98 Å². The van der Waals surface area contributed by atoms with Crippen LogP contribution in [0.25, 0.3) is 0 Å². The number of anilines is 1. The van der Waals surface area contributed by atoms with Gasteiger partial charge in [0.25, 0.3) is 5.91 Å². The monoisotopic (exact) mass is 384 g/mol. The van der Waals surface area contributed by atoms with Crippen LogP contribution in [0.5, 0.6) is 0 Å². The highest BCUT2D eigenvalue weighted by atomic mass is 16.5. The normalized spacial score (nSPS) is 19.1. The van der Waals surface area contributed by atoms with E-state index in [1.54, 1.807) is 4.90 Å². The van der Waals surface area contributed by atoms with Gasteiger partial charge in [-0.15, -0.1) is 0 Å². The van der Waals surface area contributed by atoms with Crippen molar-refractivity contribution in [1.82, 2.24) is 24.6 Å². The maximum Gasteiger partial charge on any atom is 0.257 e. The zero-order chi connectivity index (χ0) is 19.5. The smallest absolute Gasteiger partial charge is 0.257 e. The third-order valence-electron chi connectivity index (χ3n) is 5.79. The second-order valence-electron chi connectivity index (χ2n) is 7.57. The van der Waals surface area contributed by atoms with Crippen LogP contribution in [0, 0.1) is 0 Å². The van der Waals surface area contributed by atoms with Gasteiger partial charge in [-0.05, 0) is 44.1 Å². The predicted octanol–water partition coefficient (Wildman–Crippen LogP) is 1.25. The highest BCUT2D eigenvalue weighted by Gasteiger charge is 2.25. The molecule has 8 nitrogen and oxygen atoms in total. The van der Waals surface area contributed by atoms with E-state index < -0.39 is 0 Å². The number of likely N-dealkylation sites (tertiary alicyclic amines) is 1. The maximum absolute atomic E-state index is 12.7. The molecule has 0 unspecified atom stereocenters. The second-order valence-corrected chi connectivity index (χ2v) is 7.57. The van der Waals surface area contributed by atoms with Gasteiger partial charge in [-0.3, -0.25) is 14.4 Å². The third kappa shape index (κ3) is 4.02. The number of rotatable bonds is 4. The summed E-state index contributed by atoms with van der Waals surface area (Å²) < 4.78 is 7.24. The number of nitrogens with two attached hydrogens (primary N) is 1. The van der Waals surface area contributed by atoms with E-state index in [0.29, 0.717) is 43.6 Å². The number of ether oxygens (including phenoxy) is 1. The summed E-state index contributed by atoms with van der Waals surface area (Å²) in [7, 11) is 1.98. The molecular weight excluding hydrogens is 356 g/mol. The van der Waals surface area contributed by atoms with Gasteiger partial charge in [0, 0.05) is 44.5 Å². The molecule has 0 radical (unpaired) electrons. The van der Waals surface area contributed by atoms with Crippen LogP contribution in [-0.2, 0) is 18.3 Å². The van der Waals surface area contributed by atoms with Crippen molar-refractivity contribution in [3.05, 3.63) is 41.3 Å². The summed E-state index contributed by atoms with van der Waals surface area (Å²) in [6.45, 7) is 5.33. The molecule has 4 rings (SSSR count). The number of nitrogen functional groups attached to an aromatic ring is 1. The van der Waals surface area contributed by atoms with Gasteiger partial charge in [-0.1, -0.05) is 0 Å². The largest absolute Gasteiger partial charge is 0.383 e. The molecule has 2 aromatic heterocycles. The van der Waals surface area contributed by atoms with Gasteiger partial charge in [0.15, 0.2) is 0 Å². The van der Waals surface area contributed by atoms with E-state index in [4.69, 9.17) is 10.5 Å². The Morgan fingerprint density at radius 1 is 1.18 bits per heavy atom. The minimum absolute atomic E-state index is 0.0501. The van der Waals surface area contributed by atoms with Gasteiger partial charge in [0.1, 0.15) is 5.82 Å². The Balaban J connectivity index is 1.37. The molecule has 0 atom stereocenters. The van der Waals surface area contributed by atoms with Crippen LogP contribution in [0.3, 0.4) is 0 Å². The van der Waals surface area contributed by atoms with Crippen LogP contribution in [-0.4, -0.2) is 69.9 Å². The van der Waals surface area contributed by atoms with E-state index in [-0.39, 0.29) is 5.91 Å². The first-order chi connectivity index (χ1) is 13.6. The van der Waals surface area contributed by atoms with Gasteiger partial charge < -0.3 is 15.4 Å². The lowest BCUT2D eigenvalue weighted by molar-refractivity contribution is 0.0303. The summed E-state index contributed by atoms with van der Waals surface area (Å²) in [5.41, 5.74) is 8.88. The van der Waals surface area contributed by atoms with Crippen molar-refractivity contribution < 1.29 is 9.53 Å². The number of piperidine rings is 1. The number of pyridine rings is 1. The fourth-order valence-electron chi connectivity index (χ4n) is 4.01. The number of hydrogen-bond donors (Lipinski definition) is 1. The number of aromatic nitrogens is 3. The minimum atomic E-state index is -0.0501. The van der Waals surface area contributed by atoms with Crippen molar-refractivity contribution >= 4 is 11.7 Å². The van der Waals surface area contributed by atoms with Crippen LogP contribution < -0.4 is 5.73 Å². The van der Waals surface area contributed by atoms with E-state index in [1.165, 1.54) is 5.69 Å². The van der Waals surface area contributed by atoms with Gasteiger partial charge in [0.05, 0.1) is 24.5 Å². The molecule has 4 heterocycles. The van der Waals surface area contributed by atoms with E-state index >= 15 is 0 Å². The van der Waals surface area contributed by atoms with Gasteiger partial charge in [0.2, 0.25) is 0 Å². The van der Waals surface area contributed by atoms with Crippen molar-refractivity contribution in [3.8, 4) is 0 Å². The summed E-state index contributed by atoms with van der Waals surface area (Å²) in [5.74, 6) is 0.676. The van der Waals surface area contributed by atoms with Crippen LogP contribution in [0.2, 0.25) is 0 Å². The number of morpholine rings is 1. The number of nitrogens with zero attached hydrogens (tertiary/aromatic N) is 5. The fraction of sp³-hybridized carbons (Fsp3) is 0.550. The number of carbonyl (C=O) groups excluding carboxylic acids is 1. The molecule has 2 aromatic rings. The molecule has 0 bridgehead atoms. The van der Waals surface area contributed by atoms with Crippen molar-refractivity contribution in [2.75, 3.05) is 45.1 Å². The van der Waals surface area contributed by atoms with Crippen molar-refractivity contribution in [2.24, 2.45) is 7.05 Å². The lowest BCUT2D eigenvalue weighted by Crippen LogP contribution is -2.41. The molecule has 28 heavy (non-hydrogen) atoms. The van der Waals surface area contributed by atoms with Crippen molar-refractivity contribution in [3.63, 3.8) is 0 Å². The number of amides is 1. The average Bonchev–Trinajstić information content (AvgIpc) is 3.13. The summed E-state index contributed by atoms with van der Waals surface area (Å²) in [6.07, 6.45) is 3.93. The number of hydrogen-bond acceptors (Lipinski definition) is 6. The standard InChI is InChI=1S/C20H28N6O2/c1-24-16(4-7-22-24)14-25-8-5-15(6-9-25)18-3-2-17(19(21)23-18)20(27)26-10-12-28-13-11-26/h2-4,7,15H,5-6,8-14H2,1H3,(H2,21,23). The first kappa shape index (κ1) is 18.9. The number of carbonyl (C=O) groups is 1. The lowest BCUT2D eigenvalue weighted by Gasteiger charge is -2.32. The molecular formula is C20H28N6O2. The molecule has 0 spiro atoms. The molecule has 2 aliphatic rings. The summed E-state index contributed by atoms with van der Waals surface area (Å²) in [4.78, 5) is 21.5. The molecule has 0 aromatic carbocycles. The van der Waals surface area contributed by atoms with E-state index in [2.05, 4.69) is 21.0 Å². The summed E-state index contributed by atoms with van der Waals surface area (Å²) in [6, 6.07) is 5.89. The summed E-state index contributed by atoms with van der Waals surface area (Å²) in [5, 5.41) is 4.24. The van der Waals surface area contributed by atoms with E-state index in [9.17, 15) is 4.79 Å². The van der Waals surface area contributed by atoms with Crippen molar-refractivity contribution in [1.29, 1.82) is 0 Å². The fourth-order valence-corrected chi connectivity index (χ4v) is 4.01. The molecule has 2 aliphatic heterocycles. The SMILES string of the molecule is Cn1nccc1CN1CCC(c2ccc(C(=O)N3CCOCC3)c(N)n2)CC1. The lowest BCUT2D eigenvalue weighted by atomic mass is 9.92. The molecule has 8 heteroatoms. The van der Waals surface area contributed by atoms with Crippen LogP contribution in [0.4, 0.5) is 5.82 Å². The topological polar surface area (TPSA) is 89.5 Å². The second kappa shape index (κ2) is 8.28. The van der Waals surface area contributed by atoms with Crippen LogP contribution >= 0.6 is 0 Å². The van der Waals surface area contributed by atoms with Crippen LogP contribution in [0.1, 0.15) is 40.5 Å². The highest BCUT2D eigenvalue weighted by Crippen LogP contribution is 2.29. The predicted molar refractivity (Wildman–Crippen MR) is 106 cm³/mol. The Morgan fingerprint density at radius 2 is 1.93 bits per heavy atom. The first-order valence-electron chi connectivity index (χ1n) is 9.94. The molecule has 0 saturated carbocycles. The van der Waals surface area contributed by atoms with Crippen LogP contribution in [0.15, 0.2) is 24.4 Å². The molecule has 0 aliphatic carbocycles. The Kier molecular flexibility index (Phi) is 5.59. The third-order valence-corrected chi connectivity index (χ3v) is 5.79. The van der Waals surface area contributed by atoms with Crippen molar-refractivity contribution in [2.45, 2.75) is 25.3 Å². The van der Waals surface area contributed by atoms with E-state index in [1.807, 2.05) is 30.1 Å². The van der Waals surface area contributed by atoms with Gasteiger partial charge >= 0.3 is 0 Å². The quantitative estimate of drug-likeness (QED) is 0.853. The maximum atomic E-state index is 12.7. The molecule has 150 valence electrons. The molecule has 2 saturated heterocycles. The minimum Gasteiger partial charge on any atom is -0.383 e. The average molecular weight is 384 g/mol. The molecule has 2 N–H and O–H groups in total.